The van der Waals surface area contributed by atoms with Gasteiger partial charge in [-0.3, -0.25) is 4.98 Å². The van der Waals surface area contributed by atoms with Gasteiger partial charge < -0.3 is 0 Å². The molecule has 4 heterocycles. The third kappa shape index (κ3) is 2.67. The Bertz CT molecular complexity index is 1590. The number of rotatable bonds is 1. The first-order valence-electron chi connectivity index (χ1n) is 10.1. The molecule has 0 aliphatic rings. The highest BCUT2D eigenvalue weighted by Gasteiger charge is 2.21. The van der Waals surface area contributed by atoms with Crippen molar-refractivity contribution in [3.05, 3.63) is 64.5 Å². The number of thiophene rings is 3. The molecule has 4 aromatic heterocycles. The summed E-state index contributed by atoms with van der Waals surface area (Å²) in [5.74, 6) is 0. The minimum atomic E-state index is 0.0877. The molecule has 0 fully saturated rings. The van der Waals surface area contributed by atoms with Gasteiger partial charge in [-0.05, 0) is 81.4 Å². The van der Waals surface area contributed by atoms with Crippen LogP contribution in [0.1, 0.15) is 31.9 Å². The van der Waals surface area contributed by atoms with Crippen molar-refractivity contribution >= 4 is 74.4 Å². The zero-order valence-electron chi connectivity index (χ0n) is 17.4. The van der Waals surface area contributed by atoms with Gasteiger partial charge in [-0.1, -0.05) is 20.8 Å². The number of pyridine rings is 1. The van der Waals surface area contributed by atoms with Crippen molar-refractivity contribution in [2.45, 2.75) is 33.1 Å². The van der Waals surface area contributed by atoms with E-state index in [0.717, 1.165) is 5.69 Å². The largest absolute Gasteiger partial charge is 0.256 e. The molecule has 0 bridgehead atoms. The Balaban J connectivity index is 1.71. The topological polar surface area (TPSA) is 12.9 Å². The molecule has 0 atom stereocenters. The molecule has 30 heavy (non-hydrogen) atoms. The molecule has 148 valence electrons. The van der Waals surface area contributed by atoms with Gasteiger partial charge in [-0.2, -0.15) is 0 Å². The van der Waals surface area contributed by atoms with Crippen LogP contribution in [0.5, 0.6) is 0 Å². The molecule has 0 radical (unpaired) electrons. The first kappa shape index (κ1) is 18.5. The van der Waals surface area contributed by atoms with Crippen LogP contribution in [0, 0.1) is 6.92 Å². The minimum Gasteiger partial charge on any atom is -0.256 e. The molecule has 4 heteroatoms. The maximum atomic E-state index is 4.91. The van der Waals surface area contributed by atoms with Gasteiger partial charge in [-0.25, -0.2) is 0 Å². The zero-order valence-corrected chi connectivity index (χ0v) is 19.8. The normalized spacial score (nSPS) is 12.7. The maximum Gasteiger partial charge on any atom is 0.0795 e. The second kappa shape index (κ2) is 6.36. The Morgan fingerprint density at radius 1 is 0.867 bits per heavy atom. The molecule has 1 nitrogen and oxygen atoms in total. The monoisotopic (exact) mass is 443 g/mol. The second-order valence-corrected chi connectivity index (χ2v) is 11.9. The summed E-state index contributed by atoms with van der Waals surface area (Å²) in [6.07, 6.45) is 1.97. The van der Waals surface area contributed by atoms with E-state index in [2.05, 4.69) is 74.9 Å². The van der Waals surface area contributed by atoms with Gasteiger partial charge in [0.05, 0.1) is 5.69 Å². The molecule has 0 aliphatic carbocycles. The fourth-order valence-corrected chi connectivity index (χ4v) is 7.55. The molecule has 0 amide bonds. The molecule has 0 spiro atoms. The number of hydrogen-bond donors (Lipinski definition) is 0. The van der Waals surface area contributed by atoms with Crippen LogP contribution < -0.4 is 0 Å². The lowest BCUT2D eigenvalue weighted by atomic mass is 9.85. The summed E-state index contributed by atoms with van der Waals surface area (Å²) in [4.78, 5) is 4.91. The lowest BCUT2D eigenvalue weighted by Gasteiger charge is -2.21. The second-order valence-electron chi connectivity index (χ2n) is 9.01. The van der Waals surface area contributed by atoms with Crippen molar-refractivity contribution in [3.8, 4) is 11.3 Å². The Labute approximate surface area is 187 Å². The maximum absolute atomic E-state index is 4.91. The lowest BCUT2D eigenvalue weighted by Crippen LogP contribution is -2.11. The first-order chi connectivity index (χ1) is 14.4. The Morgan fingerprint density at radius 3 is 2.53 bits per heavy atom. The lowest BCUT2D eigenvalue weighted by molar-refractivity contribution is 0.597. The standard InChI is InChI=1S/C26H21NS3/c1-14-13-29-21-12-18-22(11-17(14)21)30-20-5-7-27-24(23(18)20)16-9-15-6-8-28-25(15)19(10-16)26(2,3)4/h5-13H,1-4H3. The van der Waals surface area contributed by atoms with Crippen LogP contribution in [0.2, 0.25) is 0 Å². The highest BCUT2D eigenvalue weighted by atomic mass is 32.1. The van der Waals surface area contributed by atoms with E-state index >= 15 is 0 Å². The SMILES string of the molecule is Cc1csc2cc3c(cc12)sc1ccnc(-c2cc(C(C)(C)C)c4sccc4c2)c13. The molecule has 6 rings (SSSR count). The van der Waals surface area contributed by atoms with Gasteiger partial charge in [0.25, 0.3) is 0 Å². The number of benzene rings is 2. The fraction of sp³-hybridized carbons (Fsp3) is 0.192. The van der Waals surface area contributed by atoms with Gasteiger partial charge >= 0.3 is 0 Å². The highest BCUT2D eigenvalue weighted by molar-refractivity contribution is 7.26. The number of nitrogens with zero attached hydrogens (tertiary/aromatic N) is 1. The van der Waals surface area contributed by atoms with Crippen molar-refractivity contribution < 1.29 is 0 Å². The van der Waals surface area contributed by atoms with Gasteiger partial charge in [0.15, 0.2) is 0 Å². The van der Waals surface area contributed by atoms with Crippen LogP contribution in [-0.4, -0.2) is 4.98 Å². The summed E-state index contributed by atoms with van der Waals surface area (Å²) in [6, 6.07) is 13.8. The van der Waals surface area contributed by atoms with E-state index in [1.165, 1.54) is 57.0 Å². The van der Waals surface area contributed by atoms with E-state index in [9.17, 15) is 0 Å². The summed E-state index contributed by atoms with van der Waals surface area (Å²) in [5, 5.41) is 9.78. The molecule has 0 saturated heterocycles. The summed E-state index contributed by atoms with van der Waals surface area (Å²) in [7, 11) is 0. The third-order valence-electron chi connectivity index (χ3n) is 5.90. The number of aromatic nitrogens is 1. The van der Waals surface area contributed by atoms with Crippen LogP contribution in [0.4, 0.5) is 0 Å². The van der Waals surface area contributed by atoms with Gasteiger partial charge in [-0.15, -0.1) is 34.0 Å². The average Bonchev–Trinajstić information content (AvgIpc) is 3.41. The number of hydrogen-bond acceptors (Lipinski definition) is 4. The zero-order chi connectivity index (χ0) is 20.6. The Morgan fingerprint density at radius 2 is 1.70 bits per heavy atom. The van der Waals surface area contributed by atoms with Gasteiger partial charge in [0.2, 0.25) is 0 Å². The third-order valence-corrected chi connectivity index (χ3v) is 9.05. The van der Waals surface area contributed by atoms with E-state index in [4.69, 9.17) is 4.98 Å². The van der Waals surface area contributed by atoms with E-state index in [1.54, 1.807) is 0 Å². The Hall–Kier alpha value is -2.27. The van der Waals surface area contributed by atoms with E-state index in [1.807, 2.05) is 40.2 Å². The van der Waals surface area contributed by atoms with E-state index in [-0.39, 0.29) is 5.41 Å². The predicted octanol–water partition coefficient (Wildman–Crippen LogP) is 9.15. The van der Waals surface area contributed by atoms with Crippen molar-refractivity contribution in [2.75, 3.05) is 0 Å². The molecule has 0 unspecified atom stereocenters. The number of aryl methyl sites for hydroxylation is 1. The summed E-state index contributed by atoms with van der Waals surface area (Å²) >= 11 is 5.56. The van der Waals surface area contributed by atoms with Gasteiger partial charge in [0, 0.05) is 41.3 Å². The molecular formula is C26H21NS3. The van der Waals surface area contributed by atoms with E-state index < -0.39 is 0 Å². The quantitative estimate of drug-likeness (QED) is 0.247. The van der Waals surface area contributed by atoms with Crippen LogP contribution in [0.3, 0.4) is 0 Å². The summed E-state index contributed by atoms with van der Waals surface area (Å²) in [6.45, 7) is 9.11. The fourth-order valence-electron chi connectivity index (χ4n) is 4.36. The molecule has 2 aromatic carbocycles. The summed E-state index contributed by atoms with van der Waals surface area (Å²) < 4.78 is 5.41. The Kier molecular flexibility index (Phi) is 3.92. The van der Waals surface area contributed by atoms with Crippen molar-refractivity contribution in [3.63, 3.8) is 0 Å². The van der Waals surface area contributed by atoms with Crippen LogP contribution >= 0.6 is 34.0 Å². The molecule has 0 N–H and O–H groups in total. The van der Waals surface area contributed by atoms with Crippen LogP contribution in [-0.2, 0) is 5.41 Å². The van der Waals surface area contributed by atoms with Crippen LogP contribution in [0.25, 0.3) is 51.6 Å². The highest BCUT2D eigenvalue weighted by Crippen LogP contribution is 2.44. The van der Waals surface area contributed by atoms with Gasteiger partial charge in [0.1, 0.15) is 0 Å². The molecule has 0 saturated carbocycles. The van der Waals surface area contributed by atoms with E-state index in [0.29, 0.717) is 0 Å². The number of fused-ring (bicyclic) bond motifs is 5. The molecule has 0 aliphatic heterocycles. The van der Waals surface area contributed by atoms with Crippen molar-refractivity contribution in [1.29, 1.82) is 0 Å². The van der Waals surface area contributed by atoms with Crippen molar-refractivity contribution in [2.24, 2.45) is 0 Å². The molecule has 6 aromatic rings. The first-order valence-corrected chi connectivity index (χ1v) is 12.7. The van der Waals surface area contributed by atoms with Crippen LogP contribution in [0.15, 0.2) is 53.4 Å². The summed E-state index contributed by atoms with van der Waals surface area (Å²) in [5.41, 5.74) is 5.18. The smallest absolute Gasteiger partial charge is 0.0795 e. The minimum absolute atomic E-state index is 0.0877. The van der Waals surface area contributed by atoms with Crippen molar-refractivity contribution in [1.82, 2.24) is 4.98 Å². The predicted molar refractivity (Wildman–Crippen MR) is 137 cm³/mol. The average molecular weight is 444 g/mol. The molecular weight excluding hydrogens is 422 g/mol.